The molecule has 0 aliphatic rings. The molecule has 3 aromatic carbocycles. The molecule has 0 radical (unpaired) electrons. The Labute approximate surface area is 172 Å². The topological polar surface area (TPSA) is 41.5 Å². The molecule has 0 saturated heterocycles. The highest BCUT2D eigenvalue weighted by Crippen LogP contribution is 2.24. The van der Waals surface area contributed by atoms with Crippen molar-refractivity contribution in [1.82, 2.24) is 5.43 Å². The molecule has 0 fully saturated rings. The molecule has 0 aliphatic heterocycles. The second kappa shape index (κ2) is 9.60. The van der Waals surface area contributed by atoms with E-state index in [4.69, 9.17) is 23.2 Å². The molecule has 0 aromatic heterocycles. The quantitative estimate of drug-likeness (QED) is 0.303. The summed E-state index contributed by atoms with van der Waals surface area (Å²) in [6, 6.07) is 22.5. The molecule has 0 aliphatic carbocycles. The third-order valence-electron chi connectivity index (χ3n) is 3.71. The van der Waals surface area contributed by atoms with Gasteiger partial charge < -0.3 is 0 Å². The summed E-state index contributed by atoms with van der Waals surface area (Å²) in [5.41, 5.74) is 4.93. The maximum atomic E-state index is 12.2. The van der Waals surface area contributed by atoms with Crippen molar-refractivity contribution in [2.24, 2.45) is 5.10 Å². The minimum absolute atomic E-state index is 0.268. The van der Waals surface area contributed by atoms with Gasteiger partial charge in [0.25, 0.3) is 5.91 Å². The predicted molar refractivity (Wildman–Crippen MR) is 114 cm³/mol. The van der Waals surface area contributed by atoms with Gasteiger partial charge >= 0.3 is 0 Å². The molecule has 3 aromatic rings. The van der Waals surface area contributed by atoms with Crippen molar-refractivity contribution in [3.63, 3.8) is 0 Å². The predicted octanol–water partition coefficient (Wildman–Crippen LogP) is 6.05. The van der Waals surface area contributed by atoms with Crippen LogP contribution in [0.5, 0.6) is 0 Å². The first-order valence-electron chi connectivity index (χ1n) is 8.17. The van der Waals surface area contributed by atoms with Crippen molar-refractivity contribution in [3.05, 3.63) is 99.5 Å². The van der Waals surface area contributed by atoms with Crippen LogP contribution < -0.4 is 5.43 Å². The molecule has 1 amide bonds. The zero-order valence-corrected chi connectivity index (χ0v) is 16.6. The van der Waals surface area contributed by atoms with Gasteiger partial charge in [0.15, 0.2) is 0 Å². The number of nitrogens with zero attached hydrogens (tertiary/aromatic N) is 1. The number of carbonyl (C=O) groups is 1. The van der Waals surface area contributed by atoms with Crippen molar-refractivity contribution < 1.29 is 4.79 Å². The molecule has 0 atom stereocenters. The molecule has 0 heterocycles. The number of rotatable bonds is 6. The third kappa shape index (κ3) is 5.86. The van der Waals surface area contributed by atoms with Crippen LogP contribution in [0.1, 0.15) is 21.5 Å². The van der Waals surface area contributed by atoms with E-state index in [2.05, 4.69) is 10.5 Å². The van der Waals surface area contributed by atoms with Gasteiger partial charge in [0.05, 0.1) is 6.21 Å². The van der Waals surface area contributed by atoms with E-state index in [9.17, 15) is 4.79 Å². The second-order valence-electron chi connectivity index (χ2n) is 5.66. The first-order chi connectivity index (χ1) is 13.1. The van der Waals surface area contributed by atoms with Crippen molar-refractivity contribution in [2.45, 2.75) is 10.6 Å². The number of amides is 1. The van der Waals surface area contributed by atoms with Crippen molar-refractivity contribution in [3.8, 4) is 0 Å². The summed E-state index contributed by atoms with van der Waals surface area (Å²) in [5, 5.41) is 5.27. The van der Waals surface area contributed by atoms with Crippen LogP contribution in [-0.4, -0.2) is 12.1 Å². The number of hydrogen-bond donors (Lipinski definition) is 1. The molecular weight excluding hydrogens is 399 g/mol. The highest BCUT2D eigenvalue weighted by Gasteiger charge is 2.05. The lowest BCUT2D eigenvalue weighted by Crippen LogP contribution is -2.17. The summed E-state index contributed by atoms with van der Waals surface area (Å²) < 4.78 is 0. The van der Waals surface area contributed by atoms with E-state index in [0.29, 0.717) is 10.6 Å². The molecule has 6 heteroatoms. The number of thioether (sulfide) groups is 1. The fourth-order valence-electron chi connectivity index (χ4n) is 2.25. The van der Waals surface area contributed by atoms with Gasteiger partial charge in [-0.3, -0.25) is 4.79 Å². The van der Waals surface area contributed by atoms with Gasteiger partial charge in [-0.1, -0.05) is 53.5 Å². The number of benzene rings is 3. The van der Waals surface area contributed by atoms with E-state index < -0.39 is 0 Å². The zero-order chi connectivity index (χ0) is 19.1. The molecule has 0 spiro atoms. The lowest BCUT2D eigenvalue weighted by atomic mass is 10.1. The lowest BCUT2D eigenvalue weighted by molar-refractivity contribution is 0.0955. The van der Waals surface area contributed by atoms with Crippen molar-refractivity contribution in [2.75, 3.05) is 0 Å². The number of hydrazone groups is 1. The van der Waals surface area contributed by atoms with E-state index in [0.717, 1.165) is 26.8 Å². The maximum absolute atomic E-state index is 12.2. The van der Waals surface area contributed by atoms with Gasteiger partial charge in [0.2, 0.25) is 0 Å². The average Bonchev–Trinajstić information content (AvgIpc) is 2.69. The SMILES string of the molecule is O=C(N/N=C/c1ccccc1Cl)c1ccc(CSc2ccc(Cl)cc2)cc1. The number of carbonyl (C=O) groups excluding carboxylic acids is 1. The van der Waals surface area contributed by atoms with E-state index >= 15 is 0 Å². The van der Waals surface area contributed by atoms with Crippen LogP contribution in [0.4, 0.5) is 0 Å². The van der Waals surface area contributed by atoms with Gasteiger partial charge in [-0.05, 0) is 48.0 Å². The Balaban J connectivity index is 1.54. The standard InChI is InChI=1S/C21H16Cl2N2OS/c22-18-9-11-19(12-10-18)27-14-15-5-7-16(8-6-15)21(26)25-24-13-17-3-1-2-4-20(17)23/h1-13H,14H2,(H,25,26)/b24-13+. The van der Waals surface area contributed by atoms with Gasteiger partial charge in [-0.15, -0.1) is 11.8 Å². The highest BCUT2D eigenvalue weighted by molar-refractivity contribution is 7.98. The lowest BCUT2D eigenvalue weighted by Gasteiger charge is -2.04. The molecule has 136 valence electrons. The Morgan fingerprint density at radius 2 is 1.67 bits per heavy atom. The Morgan fingerprint density at radius 1 is 0.963 bits per heavy atom. The minimum Gasteiger partial charge on any atom is -0.267 e. The van der Waals surface area contributed by atoms with E-state index in [1.165, 1.54) is 6.21 Å². The molecule has 0 unspecified atom stereocenters. The third-order valence-corrected chi connectivity index (χ3v) is 5.39. The summed E-state index contributed by atoms with van der Waals surface area (Å²) in [6.07, 6.45) is 1.53. The van der Waals surface area contributed by atoms with Gasteiger partial charge in [-0.25, -0.2) is 5.43 Å². The minimum atomic E-state index is -0.268. The van der Waals surface area contributed by atoms with E-state index in [-0.39, 0.29) is 5.91 Å². The van der Waals surface area contributed by atoms with Crippen LogP contribution in [0, 0.1) is 0 Å². The molecule has 1 N–H and O–H groups in total. The van der Waals surface area contributed by atoms with Gasteiger partial charge in [-0.2, -0.15) is 5.10 Å². The molecule has 3 nitrogen and oxygen atoms in total. The van der Waals surface area contributed by atoms with Crippen molar-refractivity contribution >= 4 is 47.1 Å². The van der Waals surface area contributed by atoms with E-state index in [1.807, 2.05) is 54.6 Å². The van der Waals surface area contributed by atoms with E-state index in [1.54, 1.807) is 30.0 Å². The highest BCUT2D eigenvalue weighted by atomic mass is 35.5. The Kier molecular flexibility index (Phi) is 6.93. The summed E-state index contributed by atoms with van der Waals surface area (Å²) in [4.78, 5) is 13.3. The number of halogens is 2. The fourth-order valence-corrected chi connectivity index (χ4v) is 3.42. The fraction of sp³-hybridized carbons (Fsp3) is 0.0476. The van der Waals surface area contributed by atoms with Gasteiger partial charge in [0.1, 0.15) is 0 Å². The molecule has 0 saturated carbocycles. The van der Waals surface area contributed by atoms with Crippen LogP contribution in [0.2, 0.25) is 10.0 Å². The Morgan fingerprint density at radius 3 is 2.37 bits per heavy atom. The average molecular weight is 415 g/mol. The van der Waals surface area contributed by atoms with Gasteiger partial charge in [0, 0.05) is 31.8 Å². The second-order valence-corrected chi connectivity index (χ2v) is 7.55. The molecule has 0 bridgehead atoms. The molecule has 3 rings (SSSR count). The molecule has 27 heavy (non-hydrogen) atoms. The first kappa shape index (κ1) is 19.5. The van der Waals surface area contributed by atoms with Crippen LogP contribution in [-0.2, 0) is 5.75 Å². The zero-order valence-electron chi connectivity index (χ0n) is 14.2. The summed E-state index contributed by atoms with van der Waals surface area (Å²) in [5.74, 6) is 0.545. The van der Waals surface area contributed by atoms with Crippen molar-refractivity contribution in [1.29, 1.82) is 0 Å². The van der Waals surface area contributed by atoms with Crippen LogP contribution in [0.3, 0.4) is 0 Å². The van der Waals surface area contributed by atoms with Crippen LogP contribution in [0.15, 0.2) is 82.8 Å². The monoisotopic (exact) mass is 414 g/mol. The normalized spacial score (nSPS) is 10.9. The Bertz CT molecular complexity index is 941. The van der Waals surface area contributed by atoms with Crippen LogP contribution >= 0.6 is 35.0 Å². The first-order valence-corrected chi connectivity index (χ1v) is 9.91. The largest absolute Gasteiger partial charge is 0.271 e. The van der Waals surface area contributed by atoms with Crippen LogP contribution in [0.25, 0.3) is 0 Å². The summed E-state index contributed by atoms with van der Waals surface area (Å²) in [6.45, 7) is 0. The Hall–Kier alpha value is -2.27. The molecular formula is C21H16Cl2N2OS. The summed E-state index contributed by atoms with van der Waals surface area (Å²) >= 11 is 13.6. The maximum Gasteiger partial charge on any atom is 0.271 e. The number of nitrogens with one attached hydrogen (secondary N) is 1. The number of hydrogen-bond acceptors (Lipinski definition) is 3. The summed E-state index contributed by atoms with van der Waals surface area (Å²) in [7, 11) is 0. The smallest absolute Gasteiger partial charge is 0.267 e.